The topological polar surface area (TPSA) is 54.5 Å². The number of aromatic amines is 1. The van der Waals surface area contributed by atoms with Crippen LogP contribution in [0.15, 0.2) is 0 Å². The molecule has 0 fully saturated rings. The van der Waals surface area contributed by atoms with Gasteiger partial charge in [-0.25, -0.2) is 0 Å². The number of nitrogens with one attached hydrogen (secondary N) is 1. The molecule has 0 unspecified atom stereocenters. The molecule has 46 valence electrons. The predicted molar refractivity (Wildman–Crippen MR) is 30.4 cm³/mol. The number of aromatic nitrogens is 4. The van der Waals surface area contributed by atoms with Gasteiger partial charge in [-0.05, 0) is 0 Å². The van der Waals surface area contributed by atoms with Crippen LogP contribution in [0.25, 0.3) is 0 Å². The van der Waals surface area contributed by atoms with E-state index < -0.39 is 0 Å². The third-order valence-electron chi connectivity index (χ3n) is 0.878. The minimum absolute atomic E-state index is 0. The fourth-order valence-electron chi connectivity index (χ4n) is 0.414. The van der Waals surface area contributed by atoms with Crippen LogP contribution in [0.4, 0.5) is 0 Å². The van der Waals surface area contributed by atoms with Crippen molar-refractivity contribution in [1.29, 1.82) is 0 Å². The Balaban J connectivity index is 0.000000640. The number of hydrogen-bond acceptors (Lipinski definition) is 3. The van der Waals surface area contributed by atoms with Crippen LogP contribution >= 0.6 is 0 Å². The van der Waals surface area contributed by atoms with Crippen LogP contribution in [0.1, 0.15) is 27.0 Å². The van der Waals surface area contributed by atoms with E-state index in [4.69, 9.17) is 0 Å². The number of rotatable bonds is 1. The molecular weight excluding hydrogens is 104 g/mol. The molecule has 8 heavy (non-hydrogen) atoms. The predicted octanol–water partition coefficient (Wildman–Crippen LogP) is 0.569. The Morgan fingerprint density at radius 3 is 2.62 bits per heavy atom. The Labute approximate surface area is 48.8 Å². The molecule has 4 nitrogen and oxygen atoms in total. The molecule has 0 aliphatic rings. The Morgan fingerprint density at radius 2 is 2.38 bits per heavy atom. The highest BCUT2D eigenvalue weighted by atomic mass is 15.5. The standard InChI is InChI=1S/C4H8N4.H2/c1-3(2)4-5-7-8-6-4;/h3H,1-2H3,(H,5,6,7,8);1H. The van der Waals surface area contributed by atoms with Crippen molar-refractivity contribution in [3.63, 3.8) is 0 Å². The summed E-state index contributed by atoms with van der Waals surface area (Å²) in [7, 11) is 0. The summed E-state index contributed by atoms with van der Waals surface area (Å²) in [4.78, 5) is 0. The molecule has 0 bridgehead atoms. The number of H-pyrrole nitrogens is 1. The molecule has 0 saturated heterocycles. The van der Waals surface area contributed by atoms with E-state index >= 15 is 0 Å². The summed E-state index contributed by atoms with van der Waals surface area (Å²) in [6, 6.07) is 0. The second kappa shape index (κ2) is 1.90. The van der Waals surface area contributed by atoms with Crippen molar-refractivity contribution >= 4 is 0 Å². The van der Waals surface area contributed by atoms with Crippen molar-refractivity contribution in [2.45, 2.75) is 19.8 Å². The maximum Gasteiger partial charge on any atom is 0.177 e. The summed E-state index contributed by atoms with van der Waals surface area (Å²) in [5, 5.41) is 13.3. The molecule has 1 rings (SSSR count). The second-order valence-corrected chi connectivity index (χ2v) is 1.92. The van der Waals surface area contributed by atoms with Crippen LogP contribution in [0.2, 0.25) is 0 Å². The monoisotopic (exact) mass is 114 g/mol. The first-order valence-corrected chi connectivity index (χ1v) is 2.54. The number of tetrazole rings is 1. The lowest BCUT2D eigenvalue weighted by Gasteiger charge is -1.90. The van der Waals surface area contributed by atoms with E-state index in [-0.39, 0.29) is 1.43 Å². The van der Waals surface area contributed by atoms with E-state index in [0.29, 0.717) is 5.92 Å². The van der Waals surface area contributed by atoms with Gasteiger partial charge in [0.25, 0.3) is 0 Å². The summed E-state index contributed by atoms with van der Waals surface area (Å²) in [5.41, 5.74) is 0. The zero-order valence-corrected chi connectivity index (χ0v) is 4.92. The summed E-state index contributed by atoms with van der Waals surface area (Å²) < 4.78 is 0. The minimum atomic E-state index is 0. The third-order valence-corrected chi connectivity index (χ3v) is 0.878. The smallest absolute Gasteiger partial charge is 0.177 e. The first kappa shape index (κ1) is 5.21. The maximum atomic E-state index is 3.77. The van der Waals surface area contributed by atoms with E-state index in [1.807, 2.05) is 13.8 Å². The van der Waals surface area contributed by atoms with Gasteiger partial charge in [0, 0.05) is 7.34 Å². The van der Waals surface area contributed by atoms with Gasteiger partial charge in [0.2, 0.25) is 0 Å². The minimum Gasteiger partial charge on any atom is -0.177 e. The van der Waals surface area contributed by atoms with Crippen LogP contribution in [0.5, 0.6) is 0 Å². The molecular formula is C4H10N4. The molecule has 0 aliphatic carbocycles. The number of nitrogens with zero attached hydrogens (tertiary/aromatic N) is 3. The molecule has 0 amide bonds. The van der Waals surface area contributed by atoms with Crippen molar-refractivity contribution in [1.82, 2.24) is 20.6 Å². The van der Waals surface area contributed by atoms with Crippen molar-refractivity contribution in [2.24, 2.45) is 0 Å². The molecule has 1 N–H and O–H groups in total. The zero-order chi connectivity index (χ0) is 5.98. The van der Waals surface area contributed by atoms with Gasteiger partial charge in [0.05, 0.1) is 0 Å². The van der Waals surface area contributed by atoms with Crippen LogP contribution in [-0.2, 0) is 0 Å². The molecule has 0 spiro atoms. The van der Waals surface area contributed by atoms with Gasteiger partial charge >= 0.3 is 0 Å². The Hall–Kier alpha value is -0.930. The normalized spacial score (nSPS) is 10.4. The zero-order valence-electron chi connectivity index (χ0n) is 4.92. The van der Waals surface area contributed by atoms with Gasteiger partial charge in [-0.1, -0.05) is 19.1 Å². The highest BCUT2D eigenvalue weighted by molar-refractivity contribution is 4.83. The average Bonchev–Trinajstić information content (AvgIpc) is 2.12. The largest absolute Gasteiger partial charge is 0.177 e. The fourth-order valence-corrected chi connectivity index (χ4v) is 0.414. The molecule has 0 atom stereocenters. The SMILES string of the molecule is CC(C)c1nn[nH]n1.[HH]. The summed E-state index contributed by atoms with van der Waals surface area (Å²) >= 11 is 0. The average molecular weight is 114 g/mol. The molecule has 1 heterocycles. The lowest BCUT2D eigenvalue weighted by molar-refractivity contribution is 0.778. The summed E-state index contributed by atoms with van der Waals surface area (Å²) in [6.45, 7) is 4.04. The Morgan fingerprint density at radius 1 is 1.62 bits per heavy atom. The van der Waals surface area contributed by atoms with Crippen molar-refractivity contribution < 1.29 is 1.43 Å². The van der Waals surface area contributed by atoms with Crippen molar-refractivity contribution in [2.75, 3.05) is 0 Å². The highest BCUT2D eigenvalue weighted by Gasteiger charge is 2.00. The van der Waals surface area contributed by atoms with E-state index in [1.165, 1.54) is 0 Å². The van der Waals surface area contributed by atoms with Crippen LogP contribution in [0, 0.1) is 0 Å². The molecule has 0 aromatic carbocycles. The summed E-state index contributed by atoms with van der Waals surface area (Å²) in [6.07, 6.45) is 0. The van der Waals surface area contributed by atoms with Gasteiger partial charge < -0.3 is 0 Å². The quantitative estimate of drug-likeness (QED) is 0.580. The molecule has 1 aromatic rings. The van der Waals surface area contributed by atoms with Crippen LogP contribution in [-0.4, -0.2) is 20.6 Å². The van der Waals surface area contributed by atoms with Crippen molar-refractivity contribution in [3.05, 3.63) is 5.82 Å². The molecule has 1 aromatic heterocycles. The van der Waals surface area contributed by atoms with Gasteiger partial charge in [0.15, 0.2) is 5.82 Å². The third kappa shape index (κ3) is 0.828. The van der Waals surface area contributed by atoms with Crippen molar-refractivity contribution in [3.8, 4) is 0 Å². The molecule has 0 radical (unpaired) electrons. The van der Waals surface area contributed by atoms with Gasteiger partial charge in [-0.2, -0.15) is 5.21 Å². The maximum absolute atomic E-state index is 3.77. The van der Waals surface area contributed by atoms with E-state index in [9.17, 15) is 0 Å². The lowest BCUT2D eigenvalue weighted by atomic mass is 10.2. The van der Waals surface area contributed by atoms with E-state index in [2.05, 4.69) is 20.6 Å². The molecule has 0 aliphatic heterocycles. The Kier molecular flexibility index (Phi) is 1.24. The first-order valence-electron chi connectivity index (χ1n) is 2.54. The summed E-state index contributed by atoms with van der Waals surface area (Å²) in [5.74, 6) is 1.14. The van der Waals surface area contributed by atoms with Crippen LogP contribution in [0.3, 0.4) is 0 Å². The second-order valence-electron chi connectivity index (χ2n) is 1.92. The molecule has 4 heteroatoms. The molecule has 0 saturated carbocycles. The number of hydrogen-bond donors (Lipinski definition) is 1. The van der Waals surface area contributed by atoms with E-state index in [0.717, 1.165) is 5.82 Å². The van der Waals surface area contributed by atoms with Gasteiger partial charge in [-0.3, -0.25) is 0 Å². The lowest BCUT2D eigenvalue weighted by Crippen LogP contribution is -1.88. The Bertz CT molecular complexity index is 148. The fraction of sp³-hybridized carbons (Fsp3) is 0.750. The first-order chi connectivity index (χ1) is 3.80. The van der Waals surface area contributed by atoms with Gasteiger partial charge in [0.1, 0.15) is 0 Å². The van der Waals surface area contributed by atoms with E-state index in [1.54, 1.807) is 0 Å². The van der Waals surface area contributed by atoms with Crippen LogP contribution < -0.4 is 0 Å². The van der Waals surface area contributed by atoms with Gasteiger partial charge in [-0.15, -0.1) is 10.2 Å². The highest BCUT2D eigenvalue weighted by Crippen LogP contribution is 2.03.